The standard InChI is InChI=1S/C15H24N2OS/c1-2-15(19-11-1)12-17(14-3-4-14)8-7-16-13-5-9-18-10-6-13/h1-2,11,13-14,16H,3-10,12H2. The zero-order valence-corrected chi connectivity index (χ0v) is 12.3. The average molecular weight is 280 g/mol. The van der Waals surface area contributed by atoms with E-state index in [1.54, 1.807) is 0 Å². The fourth-order valence-corrected chi connectivity index (χ4v) is 3.48. The topological polar surface area (TPSA) is 24.5 Å². The summed E-state index contributed by atoms with van der Waals surface area (Å²) in [5, 5.41) is 5.88. The molecule has 0 radical (unpaired) electrons. The van der Waals surface area contributed by atoms with Gasteiger partial charge in [0.25, 0.3) is 0 Å². The molecule has 0 amide bonds. The van der Waals surface area contributed by atoms with Gasteiger partial charge >= 0.3 is 0 Å². The molecule has 0 bridgehead atoms. The van der Waals surface area contributed by atoms with Crippen molar-refractivity contribution in [1.29, 1.82) is 0 Å². The molecule has 1 aromatic heterocycles. The van der Waals surface area contributed by atoms with Crippen molar-refractivity contribution >= 4 is 11.3 Å². The van der Waals surface area contributed by atoms with Gasteiger partial charge in [0.2, 0.25) is 0 Å². The van der Waals surface area contributed by atoms with Crippen LogP contribution in [-0.2, 0) is 11.3 Å². The molecule has 106 valence electrons. The molecule has 4 heteroatoms. The van der Waals surface area contributed by atoms with Gasteiger partial charge in [0.05, 0.1) is 0 Å². The van der Waals surface area contributed by atoms with E-state index in [0.29, 0.717) is 6.04 Å². The Kier molecular flexibility index (Phi) is 4.88. The van der Waals surface area contributed by atoms with E-state index >= 15 is 0 Å². The van der Waals surface area contributed by atoms with E-state index in [2.05, 4.69) is 27.7 Å². The lowest BCUT2D eigenvalue weighted by Gasteiger charge is -2.26. The van der Waals surface area contributed by atoms with Gasteiger partial charge in [0, 0.05) is 49.8 Å². The zero-order valence-electron chi connectivity index (χ0n) is 11.5. The highest BCUT2D eigenvalue weighted by atomic mass is 32.1. The highest BCUT2D eigenvalue weighted by Gasteiger charge is 2.28. The van der Waals surface area contributed by atoms with Crippen LogP contribution in [0.15, 0.2) is 17.5 Å². The lowest BCUT2D eigenvalue weighted by Crippen LogP contribution is -2.40. The largest absolute Gasteiger partial charge is 0.381 e. The minimum absolute atomic E-state index is 0.677. The van der Waals surface area contributed by atoms with Gasteiger partial charge < -0.3 is 10.1 Å². The number of nitrogens with zero attached hydrogens (tertiary/aromatic N) is 1. The van der Waals surface area contributed by atoms with Gasteiger partial charge in [0.1, 0.15) is 0 Å². The Morgan fingerprint density at radius 2 is 2.11 bits per heavy atom. The van der Waals surface area contributed by atoms with Crippen LogP contribution in [0.1, 0.15) is 30.6 Å². The number of ether oxygens (including phenoxy) is 1. The maximum Gasteiger partial charge on any atom is 0.0480 e. The second-order valence-corrected chi connectivity index (χ2v) is 6.65. The highest BCUT2D eigenvalue weighted by Crippen LogP contribution is 2.28. The number of rotatable bonds is 7. The molecular formula is C15H24N2OS. The van der Waals surface area contributed by atoms with E-state index in [1.807, 2.05) is 11.3 Å². The maximum atomic E-state index is 5.40. The molecule has 1 saturated heterocycles. The van der Waals surface area contributed by atoms with E-state index in [9.17, 15) is 0 Å². The Bertz CT molecular complexity index is 358. The van der Waals surface area contributed by atoms with Gasteiger partial charge in [0.15, 0.2) is 0 Å². The summed E-state index contributed by atoms with van der Waals surface area (Å²) in [4.78, 5) is 4.15. The lowest BCUT2D eigenvalue weighted by atomic mass is 10.1. The summed E-state index contributed by atoms with van der Waals surface area (Å²) < 4.78 is 5.40. The summed E-state index contributed by atoms with van der Waals surface area (Å²) >= 11 is 1.88. The second kappa shape index (κ2) is 6.84. The van der Waals surface area contributed by atoms with Crippen molar-refractivity contribution in [3.63, 3.8) is 0 Å². The maximum absolute atomic E-state index is 5.40. The molecule has 1 aliphatic carbocycles. The molecule has 1 saturated carbocycles. The molecule has 3 rings (SSSR count). The van der Waals surface area contributed by atoms with Crippen LogP contribution in [0.2, 0.25) is 0 Å². The van der Waals surface area contributed by atoms with Gasteiger partial charge in [-0.25, -0.2) is 0 Å². The van der Waals surface area contributed by atoms with Crippen molar-refractivity contribution in [3.8, 4) is 0 Å². The van der Waals surface area contributed by atoms with E-state index in [0.717, 1.165) is 32.3 Å². The predicted molar refractivity (Wildman–Crippen MR) is 79.6 cm³/mol. The van der Waals surface area contributed by atoms with E-state index in [-0.39, 0.29) is 0 Å². The molecule has 1 aromatic rings. The molecule has 1 N–H and O–H groups in total. The van der Waals surface area contributed by atoms with Gasteiger partial charge in [-0.2, -0.15) is 0 Å². The predicted octanol–water partition coefficient (Wildman–Crippen LogP) is 2.48. The quantitative estimate of drug-likeness (QED) is 0.830. The van der Waals surface area contributed by atoms with Crippen molar-refractivity contribution in [2.45, 2.75) is 44.3 Å². The Morgan fingerprint density at radius 1 is 1.26 bits per heavy atom. The van der Waals surface area contributed by atoms with Crippen LogP contribution in [0, 0.1) is 0 Å². The summed E-state index contributed by atoms with van der Waals surface area (Å²) in [7, 11) is 0. The van der Waals surface area contributed by atoms with Crippen LogP contribution in [0.3, 0.4) is 0 Å². The molecule has 1 aliphatic heterocycles. The molecule has 2 aliphatic rings. The van der Waals surface area contributed by atoms with E-state index in [4.69, 9.17) is 4.74 Å². The van der Waals surface area contributed by atoms with Crippen LogP contribution < -0.4 is 5.32 Å². The minimum atomic E-state index is 0.677. The first-order chi connectivity index (χ1) is 9.42. The smallest absolute Gasteiger partial charge is 0.0480 e. The summed E-state index contributed by atoms with van der Waals surface area (Å²) in [5.41, 5.74) is 0. The number of nitrogens with one attached hydrogen (secondary N) is 1. The molecule has 0 unspecified atom stereocenters. The Labute approximate surface area is 119 Å². The molecule has 0 spiro atoms. The second-order valence-electron chi connectivity index (χ2n) is 5.62. The third kappa shape index (κ3) is 4.28. The van der Waals surface area contributed by atoms with Crippen molar-refractivity contribution in [2.24, 2.45) is 0 Å². The number of hydrogen-bond acceptors (Lipinski definition) is 4. The monoisotopic (exact) mass is 280 g/mol. The molecule has 3 nitrogen and oxygen atoms in total. The summed E-state index contributed by atoms with van der Waals surface area (Å²) in [6.07, 6.45) is 5.13. The van der Waals surface area contributed by atoms with Crippen molar-refractivity contribution in [2.75, 3.05) is 26.3 Å². The lowest BCUT2D eigenvalue weighted by molar-refractivity contribution is 0.0770. The van der Waals surface area contributed by atoms with Crippen molar-refractivity contribution < 1.29 is 4.74 Å². The first-order valence-corrected chi connectivity index (χ1v) is 8.37. The Hall–Kier alpha value is -0.420. The van der Waals surface area contributed by atoms with Gasteiger partial charge in [-0.1, -0.05) is 6.07 Å². The van der Waals surface area contributed by atoms with E-state index < -0.39 is 0 Å². The van der Waals surface area contributed by atoms with Crippen molar-refractivity contribution in [3.05, 3.63) is 22.4 Å². The van der Waals surface area contributed by atoms with Crippen LogP contribution in [0.4, 0.5) is 0 Å². The molecule has 0 aromatic carbocycles. The third-order valence-corrected chi connectivity index (χ3v) is 4.92. The minimum Gasteiger partial charge on any atom is -0.381 e. The number of hydrogen-bond donors (Lipinski definition) is 1. The SMILES string of the molecule is c1csc(CN(CCNC2CCOCC2)C2CC2)c1. The van der Waals surface area contributed by atoms with Crippen LogP contribution in [0.5, 0.6) is 0 Å². The van der Waals surface area contributed by atoms with Crippen LogP contribution in [-0.4, -0.2) is 43.3 Å². The van der Waals surface area contributed by atoms with Gasteiger partial charge in [-0.05, 0) is 37.1 Å². The Morgan fingerprint density at radius 3 is 2.79 bits per heavy atom. The van der Waals surface area contributed by atoms with Crippen LogP contribution in [0.25, 0.3) is 0 Å². The summed E-state index contributed by atoms with van der Waals surface area (Å²) in [6.45, 7) is 5.29. The summed E-state index contributed by atoms with van der Waals surface area (Å²) in [6, 6.07) is 5.94. The van der Waals surface area contributed by atoms with Crippen LogP contribution >= 0.6 is 11.3 Å². The van der Waals surface area contributed by atoms with E-state index in [1.165, 1.54) is 37.1 Å². The number of thiophene rings is 1. The first kappa shape index (κ1) is 13.6. The van der Waals surface area contributed by atoms with Gasteiger partial charge in [-0.3, -0.25) is 4.90 Å². The zero-order chi connectivity index (χ0) is 12.9. The molecule has 2 fully saturated rings. The highest BCUT2D eigenvalue weighted by molar-refractivity contribution is 7.09. The molecule has 19 heavy (non-hydrogen) atoms. The molecule has 2 heterocycles. The van der Waals surface area contributed by atoms with Gasteiger partial charge in [-0.15, -0.1) is 11.3 Å². The first-order valence-electron chi connectivity index (χ1n) is 7.49. The molecule has 0 atom stereocenters. The fraction of sp³-hybridized carbons (Fsp3) is 0.733. The van der Waals surface area contributed by atoms with Crippen molar-refractivity contribution in [1.82, 2.24) is 10.2 Å². The normalized spacial score (nSPS) is 21.1. The average Bonchev–Trinajstić information content (AvgIpc) is 3.17. The molecular weight excluding hydrogens is 256 g/mol. The fourth-order valence-electron chi connectivity index (χ4n) is 2.75. The Balaban J connectivity index is 1.40. The summed E-state index contributed by atoms with van der Waals surface area (Å²) in [5.74, 6) is 0. The third-order valence-electron chi connectivity index (χ3n) is 4.06.